The highest BCUT2D eigenvalue weighted by atomic mass is 16.2. The molecule has 186 valence electrons. The zero-order chi connectivity index (χ0) is 25.5. The molecule has 0 radical (unpaired) electrons. The molecule has 0 aromatic heterocycles. The van der Waals surface area contributed by atoms with E-state index in [0.717, 1.165) is 36.9 Å². The lowest BCUT2D eigenvalue weighted by Gasteiger charge is -2.30. The van der Waals surface area contributed by atoms with Gasteiger partial charge in [0.25, 0.3) is 0 Å². The first-order valence-electron chi connectivity index (χ1n) is 12.5. The SMILES string of the molecule is [C-]#[N+]c1ccc(C)c(N(CC(=O)NCCCC(C)C)CC(=O)N(C)C2Cc3cccc(C)c3C2)c1. The van der Waals surface area contributed by atoms with Gasteiger partial charge in [0.1, 0.15) is 0 Å². The fourth-order valence-corrected chi connectivity index (χ4v) is 4.76. The lowest BCUT2D eigenvalue weighted by atomic mass is 10.1. The van der Waals surface area contributed by atoms with Gasteiger partial charge in [0.2, 0.25) is 11.8 Å². The van der Waals surface area contributed by atoms with Crippen LogP contribution in [0.4, 0.5) is 11.4 Å². The van der Waals surface area contributed by atoms with Crippen molar-refractivity contribution in [3.8, 4) is 0 Å². The van der Waals surface area contributed by atoms with Crippen LogP contribution in [0.15, 0.2) is 36.4 Å². The van der Waals surface area contributed by atoms with Gasteiger partial charge in [0.05, 0.1) is 19.7 Å². The lowest BCUT2D eigenvalue weighted by Crippen LogP contribution is -2.47. The fourth-order valence-electron chi connectivity index (χ4n) is 4.76. The van der Waals surface area contributed by atoms with Crippen LogP contribution in [0, 0.1) is 26.3 Å². The molecule has 1 N–H and O–H groups in total. The average molecular weight is 475 g/mol. The molecule has 35 heavy (non-hydrogen) atoms. The molecule has 3 rings (SSSR count). The quantitative estimate of drug-likeness (QED) is 0.396. The van der Waals surface area contributed by atoms with Crippen LogP contribution in [0.1, 0.15) is 48.9 Å². The average Bonchev–Trinajstić information content (AvgIpc) is 3.27. The lowest BCUT2D eigenvalue weighted by molar-refractivity contribution is -0.130. The summed E-state index contributed by atoms with van der Waals surface area (Å²) < 4.78 is 0. The Kier molecular flexibility index (Phi) is 8.92. The molecule has 0 heterocycles. The van der Waals surface area contributed by atoms with E-state index in [9.17, 15) is 9.59 Å². The molecular formula is C29H38N4O2. The summed E-state index contributed by atoms with van der Waals surface area (Å²) in [6.45, 7) is 16.6. The third-order valence-corrected chi connectivity index (χ3v) is 6.95. The first-order chi connectivity index (χ1) is 16.7. The highest BCUT2D eigenvalue weighted by Crippen LogP contribution is 2.29. The van der Waals surface area contributed by atoms with E-state index in [1.807, 2.05) is 29.8 Å². The third-order valence-electron chi connectivity index (χ3n) is 6.95. The summed E-state index contributed by atoms with van der Waals surface area (Å²) in [5.41, 5.74) is 6.11. The van der Waals surface area contributed by atoms with Gasteiger partial charge in [-0.15, -0.1) is 0 Å². The van der Waals surface area contributed by atoms with Crippen molar-refractivity contribution in [3.05, 3.63) is 70.1 Å². The molecule has 0 aliphatic heterocycles. The fraction of sp³-hybridized carbons (Fsp3) is 0.483. The highest BCUT2D eigenvalue weighted by Gasteiger charge is 2.29. The van der Waals surface area contributed by atoms with Crippen molar-refractivity contribution in [2.24, 2.45) is 5.92 Å². The van der Waals surface area contributed by atoms with Crippen LogP contribution in [0.2, 0.25) is 0 Å². The topological polar surface area (TPSA) is 57.0 Å². The molecule has 6 heteroatoms. The van der Waals surface area contributed by atoms with E-state index in [1.165, 1.54) is 16.7 Å². The first-order valence-corrected chi connectivity index (χ1v) is 12.5. The summed E-state index contributed by atoms with van der Waals surface area (Å²) in [4.78, 5) is 33.4. The van der Waals surface area contributed by atoms with E-state index in [1.54, 1.807) is 12.1 Å². The molecule has 1 unspecified atom stereocenters. The number of carbonyl (C=O) groups is 2. The molecule has 2 aromatic rings. The van der Waals surface area contributed by atoms with Crippen LogP contribution in [0.5, 0.6) is 0 Å². The Morgan fingerprint density at radius 2 is 1.89 bits per heavy atom. The second kappa shape index (κ2) is 11.9. The second-order valence-corrected chi connectivity index (χ2v) is 10.1. The number of benzene rings is 2. The van der Waals surface area contributed by atoms with Gasteiger partial charge in [-0.3, -0.25) is 9.59 Å². The van der Waals surface area contributed by atoms with E-state index >= 15 is 0 Å². The Hall–Kier alpha value is -3.33. The van der Waals surface area contributed by atoms with E-state index in [-0.39, 0.29) is 30.9 Å². The number of aryl methyl sites for hydroxylation is 2. The maximum Gasteiger partial charge on any atom is 0.242 e. The van der Waals surface area contributed by atoms with Gasteiger partial charge < -0.3 is 15.1 Å². The second-order valence-electron chi connectivity index (χ2n) is 10.1. The molecule has 0 bridgehead atoms. The van der Waals surface area contributed by atoms with E-state index < -0.39 is 0 Å². The standard InChI is InChI=1S/C29H38N4O2/c1-20(2)9-8-14-31-28(34)18-33(27-16-24(30-5)13-12-22(27)4)19-29(35)32(6)25-15-23-11-7-10-21(3)26(23)17-25/h7,10-13,16,20,25H,8-9,14-15,17-19H2,1-4,6H3,(H,31,34). The predicted molar refractivity (Wildman–Crippen MR) is 142 cm³/mol. The molecule has 0 saturated heterocycles. The van der Waals surface area contributed by atoms with Gasteiger partial charge in [0, 0.05) is 25.3 Å². The first kappa shape index (κ1) is 26.3. The number of fused-ring (bicyclic) bond motifs is 1. The normalized spacial score (nSPS) is 14.4. The maximum atomic E-state index is 13.4. The van der Waals surface area contributed by atoms with Crippen molar-refractivity contribution in [1.82, 2.24) is 10.2 Å². The van der Waals surface area contributed by atoms with E-state index in [4.69, 9.17) is 6.57 Å². The number of anilines is 1. The summed E-state index contributed by atoms with van der Waals surface area (Å²) in [5.74, 6) is 0.461. The largest absolute Gasteiger partial charge is 0.355 e. The van der Waals surface area contributed by atoms with Gasteiger partial charge in [-0.05, 0) is 73.8 Å². The van der Waals surface area contributed by atoms with Crippen LogP contribution < -0.4 is 10.2 Å². The Morgan fingerprint density at radius 3 is 2.57 bits per heavy atom. The molecule has 0 spiro atoms. The molecule has 0 saturated carbocycles. The highest BCUT2D eigenvalue weighted by molar-refractivity contribution is 5.87. The minimum Gasteiger partial charge on any atom is -0.355 e. The van der Waals surface area contributed by atoms with Crippen LogP contribution in [0.25, 0.3) is 4.85 Å². The van der Waals surface area contributed by atoms with Gasteiger partial charge in [-0.1, -0.05) is 44.2 Å². The summed E-state index contributed by atoms with van der Waals surface area (Å²) in [7, 11) is 1.86. The Labute approximate surface area is 210 Å². The molecule has 2 aromatic carbocycles. The summed E-state index contributed by atoms with van der Waals surface area (Å²) in [6.07, 6.45) is 3.69. The molecule has 1 aliphatic rings. The van der Waals surface area contributed by atoms with Crippen molar-refractivity contribution in [2.75, 3.05) is 31.6 Å². The molecule has 0 fully saturated rings. The van der Waals surface area contributed by atoms with Crippen LogP contribution in [-0.4, -0.2) is 49.4 Å². The predicted octanol–water partition coefficient (Wildman–Crippen LogP) is 4.84. The molecule has 6 nitrogen and oxygen atoms in total. The van der Waals surface area contributed by atoms with Gasteiger partial charge >= 0.3 is 0 Å². The maximum absolute atomic E-state index is 13.4. The zero-order valence-corrected chi connectivity index (χ0v) is 21.7. The Balaban J connectivity index is 1.72. The van der Waals surface area contributed by atoms with E-state index in [0.29, 0.717) is 18.2 Å². The zero-order valence-electron chi connectivity index (χ0n) is 21.7. The van der Waals surface area contributed by atoms with Crippen LogP contribution >= 0.6 is 0 Å². The van der Waals surface area contributed by atoms with Gasteiger partial charge in [-0.25, -0.2) is 4.85 Å². The Bertz CT molecular complexity index is 1100. The number of likely N-dealkylation sites (N-methyl/N-ethyl adjacent to an activating group) is 1. The van der Waals surface area contributed by atoms with Crippen molar-refractivity contribution < 1.29 is 9.59 Å². The smallest absolute Gasteiger partial charge is 0.242 e. The van der Waals surface area contributed by atoms with Crippen molar-refractivity contribution in [2.45, 2.75) is 59.4 Å². The van der Waals surface area contributed by atoms with Gasteiger partial charge in [-0.2, -0.15) is 0 Å². The Morgan fingerprint density at radius 1 is 1.11 bits per heavy atom. The molecule has 1 aliphatic carbocycles. The summed E-state index contributed by atoms with van der Waals surface area (Å²) in [5, 5.41) is 3.00. The van der Waals surface area contributed by atoms with Crippen molar-refractivity contribution in [1.29, 1.82) is 0 Å². The summed E-state index contributed by atoms with van der Waals surface area (Å²) in [6, 6.07) is 11.9. The van der Waals surface area contributed by atoms with Crippen molar-refractivity contribution in [3.63, 3.8) is 0 Å². The number of amides is 2. The molecule has 1 atom stereocenters. The van der Waals surface area contributed by atoms with E-state index in [2.05, 4.69) is 49.1 Å². The van der Waals surface area contributed by atoms with Crippen LogP contribution in [0.3, 0.4) is 0 Å². The monoisotopic (exact) mass is 474 g/mol. The summed E-state index contributed by atoms with van der Waals surface area (Å²) >= 11 is 0. The van der Waals surface area contributed by atoms with Gasteiger partial charge in [0.15, 0.2) is 5.69 Å². The number of nitrogens with zero attached hydrogens (tertiary/aromatic N) is 3. The van der Waals surface area contributed by atoms with Crippen LogP contribution in [-0.2, 0) is 22.4 Å². The minimum absolute atomic E-state index is 0.0271. The number of nitrogens with one attached hydrogen (secondary N) is 1. The molecule has 2 amide bonds. The van der Waals surface area contributed by atoms with Crippen molar-refractivity contribution >= 4 is 23.2 Å². The molecular weight excluding hydrogens is 436 g/mol. The number of hydrogen-bond donors (Lipinski definition) is 1. The minimum atomic E-state index is -0.110. The number of rotatable bonds is 10. The third kappa shape index (κ3) is 6.85. The number of carbonyl (C=O) groups excluding carboxylic acids is 2. The number of hydrogen-bond acceptors (Lipinski definition) is 3.